The van der Waals surface area contributed by atoms with Crippen molar-refractivity contribution in [1.29, 1.82) is 0 Å². The number of hydrogen-bond acceptors (Lipinski definition) is 5. The van der Waals surface area contributed by atoms with Gasteiger partial charge < -0.3 is 4.74 Å². The average Bonchev–Trinajstić information content (AvgIpc) is 2.41. The Hall–Kier alpha value is -2.50. The van der Waals surface area contributed by atoms with Gasteiger partial charge >= 0.3 is 5.97 Å². The smallest absolute Gasteiger partial charge is 0.331 e. The van der Waals surface area contributed by atoms with Crippen LogP contribution in [0.3, 0.4) is 0 Å². The second kappa shape index (κ2) is 6.78. The van der Waals surface area contributed by atoms with Crippen LogP contribution in [0.4, 0.5) is 5.69 Å². The lowest BCUT2D eigenvalue weighted by atomic mass is 9.91. The number of Topliss-reactive ketones (excluding diaryl/α,β-unsaturated/α-hetero) is 1. The Morgan fingerprint density at radius 3 is 2.29 bits per heavy atom. The Kier molecular flexibility index (Phi) is 5.35. The van der Waals surface area contributed by atoms with Crippen LogP contribution >= 0.6 is 0 Å². The second-order valence-corrected chi connectivity index (χ2v) is 5.46. The summed E-state index contributed by atoms with van der Waals surface area (Å²) in [5.74, 6) is -0.800. The molecule has 6 heteroatoms. The number of nitro groups is 1. The Labute approximate surface area is 122 Å². The van der Waals surface area contributed by atoms with Gasteiger partial charge in [0, 0.05) is 23.6 Å². The first-order valence-electron chi connectivity index (χ1n) is 6.33. The summed E-state index contributed by atoms with van der Waals surface area (Å²) in [7, 11) is 0. The lowest BCUT2D eigenvalue weighted by Crippen LogP contribution is -2.25. The second-order valence-electron chi connectivity index (χ2n) is 5.46. The normalized spacial score (nSPS) is 11.4. The van der Waals surface area contributed by atoms with Gasteiger partial charge in [0.2, 0.25) is 0 Å². The zero-order valence-electron chi connectivity index (χ0n) is 12.2. The minimum atomic E-state index is -0.633. The number of hydrogen-bond donors (Lipinski definition) is 0. The largest absolute Gasteiger partial charge is 0.455 e. The van der Waals surface area contributed by atoms with E-state index in [9.17, 15) is 19.7 Å². The monoisotopic (exact) mass is 291 g/mol. The number of carbonyl (C=O) groups is 2. The van der Waals surface area contributed by atoms with Crippen LogP contribution in [0.15, 0.2) is 30.3 Å². The fourth-order valence-electron chi connectivity index (χ4n) is 1.27. The molecule has 0 saturated carbocycles. The van der Waals surface area contributed by atoms with Crippen molar-refractivity contribution in [2.75, 3.05) is 6.61 Å². The summed E-state index contributed by atoms with van der Waals surface area (Å²) in [6.07, 6.45) is 2.64. The van der Waals surface area contributed by atoms with Crippen molar-refractivity contribution < 1.29 is 19.2 Å². The molecule has 0 spiro atoms. The van der Waals surface area contributed by atoms with Crippen molar-refractivity contribution >= 4 is 23.5 Å². The van der Waals surface area contributed by atoms with E-state index in [2.05, 4.69) is 0 Å². The summed E-state index contributed by atoms with van der Waals surface area (Å²) in [6, 6.07) is 5.71. The summed E-state index contributed by atoms with van der Waals surface area (Å²) in [6.45, 7) is 4.97. The van der Waals surface area contributed by atoms with Crippen LogP contribution in [-0.2, 0) is 14.3 Å². The summed E-state index contributed by atoms with van der Waals surface area (Å²) in [5.41, 5.74) is 0.0488. The number of esters is 1. The molecule has 0 atom stereocenters. The first-order valence-corrected chi connectivity index (χ1v) is 6.33. The quantitative estimate of drug-likeness (QED) is 0.360. The molecule has 1 aromatic carbocycles. The molecule has 1 rings (SSSR count). The predicted octanol–water partition coefficient (Wildman–Crippen LogP) is 2.77. The molecule has 0 radical (unpaired) electrons. The first kappa shape index (κ1) is 16.6. The zero-order valence-corrected chi connectivity index (χ0v) is 12.2. The molecular weight excluding hydrogens is 274 g/mol. The average molecular weight is 291 g/mol. The molecule has 0 amide bonds. The molecule has 0 aliphatic heterocycles. The summed E-state index contributed by atoms with van der Waals surface area (Å²) >= 11 is 0. The molecule has 0 aromatic heterocycles. The maximum atomic E-state index is 11.6. The van der Waals surface area contributed by atoms with Crippen molar-refractivity contribution in [2.45, 2.75) is 20.8 Å². The van der Waals surface area contributed by atoms with E-state index in [-0.39, 0.29) is 18.1 Å². The summed E-state index contributed by atoms with van der Waals surface area (Å²) in [4.78, 5) is 33.0. The van der Waals surface area contributed by atoms with E-state index in [1.165, 1.54) is 36.4 Å². The van der Waals surface area contributed by atoms with Gasteiger partial charge in [0.1, 0.15) is 0 Å². The van der Waals surface area contributed by atoms with Crippen LogP contribution in [0.5, 0.6) is 0 Å². The molecule has 112 valence electrons. The van der Waals surface area contributed by atoms with Crippen LogP contribution in [-0.4, -0.2) is 23.3 Å². The number of nitro benzene ring substituents is 1. The number of benzene rings is 1. The van der Waals surface area contributed by atoms with Gasteiger partial charge in [-0.25, -0.2) is 4.79 Å². The van der Waals surface area contributed by atoms with E-state index in [4.69, 9.17) is 4.74 Å². The van der Waals surface area contributed by atoms with Gasteiger partial charge in [0.25, 0.3) is 5.69 Å². The zero-order chi connectivity index (χ0) is 16.0. The van der Waals surface area contributed by atoms with Gasteiger partial charge in [-0.1, -0.05) is 20.8 Å². The predicted molar refractivity (Wildman–Crippen MR) is 77.6 cm³/mol. The molecule has 0 aliphatic carbocycles. The fourth-order valence-corrected chi connectivity index (χ4v) is 1.27. The van der Waals surface area contributed by atoms with Gasteiger partial charge in [0.15, 0.2) is 12.4 Å². The lowest BCUT2D eigenvalue weighted by Gasteiger charge is -2.15. The number of carbonyl (C=O) groups excluding carboxylic acids is 2. The maximum Gasteiger partial charge on any atom is 0.331 e. The van der Waals surface area contributed by atoms with E-state index in [0.717, 1.165) is 0 Å². The van der Waals surface area contributed by atoms with E-state index in [1.54, 1.807) is 20.8 Å². The van der Waals surface area contributed by atoms with E-state index >= 15 is 0 Å². The van der Waals surface area contributed by atoms with E-state index in [0.29, 0.717) is 5.56 Å². The number of non-ortho nitro benzene ring substituents is 1. The highest BCUT2D eigenvalue weighted by Gasteiger charge is 2.21. The maximum absolute atomic E-state index is 11.6. The topological polar surface area (TPSA) is 86.5 Å². The van der Waals surface area contributed by atoms with Gasteiger partial charge in [-0.2, -0.15) is 0 Å². The van der Waals surface area contributed by atoms with Gasteiger partial charge in [-0.15, -0.1) is 0 Å². The number of ketones is 1. The van der Waals surface area contributed by atoms with Gasteiger partial charge in [0.05, 0.1) is 4.92 Å². The third-order valence-electron chi connectivity index (χ3n) is 2.70. The number of rotatable bonds is 5. The molecule has 0 bridgehead atoms. The van der Waals surface area contributed by atoms with Crippen molar-refractivity contribution in [2.24, 2.45) is 5.41 Å². The van der Waals surface area contributed by atoms with Crippen LogP contribution in [0, 0.1) is 15.5 Å². The molecule has 0 N–H and O–H groups in total. The van der Waals surface area contributed by atoms with Crippen molar-refractivity contribution in [3.63, 3.8) is 0 Å². The third-order valence-corrected chi connectivity index (χ3v) is 2.70. The van der Waals surface area contributed by atoms with Crippen LogP contribution in [0.25, 0.3) is 6.08 Å². The summed E-state index contributed by atoms with van der Waals surface area (Å²) < 4.78 is 4.83. The minimum absolute atomic E-state index is 0.0227. The van der Waals surface area contributed by atoms with Gasteiger partial charge in [-0.3, -0.25) is 14.9 Å². The Bertz CT molecular complexity index is 567. The van der Waals surface area contributed by atoms with Crippen molar-refractivity contribution in [1.82, 2.24) is 0 Å². The Balaban J connectivity index is 2.54. The molecule has 21 heavy (non-hydrogen) atoms. The molecule has 1 aromatic rings. The molecule has 6 nitrogen and oxygen atoms in total. The third kappa shape index (κ3) is 5.56. The molecule has 0 aliphatic rings. The first-order chi connectivity index (χ1) is 9.70. The number of nitrogens with zero attached hydrogens (tertiary/aromatic N) is 1. The van der Waals surface area contributed by atoms with Gasteiger partial charge in [-0.05, 0) is 23.8 Å². The highest BCUT2D eigenvalue weighted by Crippen LogP contribution is 2.15. The standard InChI is InChI=1S/C15H17NO5/c1-15(2,3)13(17)10-21-14(18)9-6-11-4-7-12(8-5-11)16(19)20/h4-9H,10H2,1-3H3/b9-6+. The lowest BCUT2D eigenvalue weighted by molar-refractivity contribution is -0.384. The number of ether oxygens (including phenoxy) is 1. The molecule has 0 unspecified atom stereocenters. The summed E-state index contributed by atoms with van der Waals surface area (Å²) in [5, 5.41) is 10.5. The van der Waals surface area contributed by atoms with E-state index in [1.807, 2.05) is 0 Å². The van der Waals surface area contributed by atoms with Crippen molar-refractivity contribution in [3.8, 4) is 0 Å². The molecule has 0 saturated heterocycles. The van der Waals surface area contributed by atoms with E-state index < -0.39 is 16.3 Å². The van der Waals surface area contributed by atoms with Crippen LogP contribution in [0.2, 0.25) is 0 Å². The van der Waals surface area contributed by atoms with Crippen LogP contribution in [0.1, 0.15) is 26.3 Å². The molecular formula is C15H17NO5. The highest BCUT2D eigenvalue weighted by molar-refractivity contribution is 5.91. The minimum Gasteiger partial charge on any atom is -0.455 e. The fraction of sp³-hybridized carbons (Fsp3) is 0.333. The van der Waals surface area contributed by atoms with Crippen molar-refractivity contribution in [3.05, 3.63) is 46.0 Å². The molecule has 0 heterocycles. The Morgan fingerprint density at radius 1 is 1.24 bits per heavy atom. The highest BCUT2D eigenvalue weighted by atomic mass is 16.6. The Morgan fingerprint density at radius 2 is 1.81 bits per heavy atom. The molecule has 0 fully saturated rings. The van der Waals surface area contributed by atoms with Crippen LogP contribution < -0.4 is 0 Å². The SMILES string of the molecule is CC(C)(C)C(=O)COC(=O)/C=C/c1ccc([N+](=O)[O-])cc1.